The molecule has 0 fully saturated rings. The zero-order valence-electron chi connectivity index (χ0n) is 11.4. The minimum atomic E-state index is -0.325. The minimum absolute atomic E-state index is 0.0260. The summed E-state index contributed by atoms with van der Waals surface area (Å²) in [6.45, 7) is 6.83. The van der Waals surface area contributed by atoms with Gasteiger partial charge in [0.25, 0.3) is 0 Å². The highest BCUT2D eigenvalue weighted by atomic mass is 16.1. The molecule has 4 N–H and O–H groups in total. The Morgan fingerprint density at radius 1 is 1.28 bits per heavy atom. The molecule has 0 aromatic heterocycles. The third-order valence-electron chi connectivity index (χ3n) is 3.09. The first kappa shape index (κ1) is 14.7. The fourth-order valence-electron chi connectivity index (χ4n) is 2.08. The number of carbonyl (C=O) groups excluding carboxylic acids is 1. The number of hydrogen-bond acceptors (Lipinski definition) is 3. The maximum atomic E-state index is 11.2. The zero-order valence-corrected chi connectivity index (χ0v) is 11.4. The van der Waals surface area contributed by atoms with Crippen molar-refractivity contribution in [2.45, 2.75) is 32.9 Å². The molecule has 1 unspecified atom stereocenters. The van der Waals surface area contributed by atoms with Crippen LogP contribution in [0.5, 0.6) is 0 Å². The lowest BCUT2D eigenvalue weighted by molar-refractivity contribution is -0.120. The Bertz CT molecular complexity index is 387. The van der Waals surface area contributed by atoms with Crippen molar-refractivity contribution in [1.29, 1.82) is 0 Å². The Balaban J connectivity index is 2.97. The van der Waals surface area contributed by atoms with Gasteiger partial charge in [0.15, 0.2) is 0 Å². The summed E-state index contributed by atoms with van der Waals surface area (Å²) < 4.78 is 0. The number of benzene rings is 1. The van der Waals surface area contributed by atoms with Gasteiger partial charge in [-0.2, -0.15) is 0 Å². The van der Waals surface area contributed by atoms with Crippen molar-refractivity contribution in [2.75, 3.05) is 13.1 Å². The van der Waals surface area contributed by atoms with Crippen LogP contribution in [0, 0.1) is 6.92 Å². The van der Waals surface area contributed by atoms with Gasteiger partial charge in [-0.25, -0.2) is 0 Å². The van der Waals surface area contributed by atoms with Crippen LogP contribution in [0.3, 0.4) is 0 Å². The summed E-state index contributed by atoms with van der Waals surface area (Å²) in [6.07, 6.45) is 0. The normalized spacial score (nSPS) is 13.0. The second-order valence-corrected chi connectivity index (χ2v) is 4.89. The van der Waals surface area contributed by atoms with Crippen LogP contribution in [-0.2, 0) is 4.79 Å². The average Bonchev–Trinajstić information content (AvgIpc) is 2.30. The molecule has 1 aromatic carbocycles. The van der Waals surface area contributed by atoms with Crippen LogP contribution in [0.2, 0.25) is 0 Å². The van der Waals surface area contributed by atoms with Crippen LogP contribution in [0.4, 0.5) is 0 Å². The van der Waals surface area contributed by atoms with Gasteiger partial charge in [0.2, 0.25) is 5.91 Å². The molecular formula is C14H23N3O. The molecule has 0 spiro atoms. The molecule has 1 rings (SSSR count). The third-order valence-corrected chi connectivity index (χ3v) is 3.09. The van der Waals surface area contributed by atoms with Gasteiger partial charge in [-0.15, -0.1) is 0 Å². The predicted octanol–water partition coefficient (Wildman–Crippen LogP) is 1.19. The first-order chi connectivity index (χ1) is 8.45. The van der Waals surface area contributed by atoms with E-state index in [-0.39, 0.29) is 24.5 Å². The van der Waals surface area contributed by atoms with Crippen LogP contribution >= 0.6 is 0 Å². The lowest BCUT2D eigenvalue weighted by atomic mass is 10.0. The van der Waals surface area contributed by atoms with Crippen molar-refractivity contribution in [3.05, 3.63) is 35.4 Å². The highest BCUT2D eigenvalue weighted by Crippen LogP contribution is 2.22. The summed E-state index contributed by atoms with van der Waals surface area (Å²) in [7, 11) is 0. The van der Waals surface area contributed by atoms with Gasteiger partial charge in [0.05, 0.1) is 6.54 Å². The molecule has 4 nitrogen and oxygen atoms in total. The molecule has 0 aliphatic carbocycles. The van der Waals surface area contributed by atoms with Gasteiger partial charge in [-0.1, -0.05) is 29.8 Å². The lowest BCUT2D eigenvalue weighted by Crippen LogP contribution is -2.43. The fraction of sp³-hybridized carbons (Fsp3) is 0.500. The summed E-state index contributed by atoms with van der Waals surface area (Å²) >= 11 is 0. The van der Waals surface area contributed by atoms with Gasteiger partial charge in [0, 0.05) is 18.6 Å². The number of rotatable bonds is 6. The van der Waals surface area contributed by atoms with Gasteiger partial charge in [-0.3, -0.25) is 9.69 Å². The fourth-order valence-corrected chi connectivity index (χ4v) is 2.08. The molecule has 0 heterocycles. The monoisotopic (exact) mass is 249 g/mol. The molecule has 0 bridgehead atoms. The van der Waals surface area contributed by atoms with E-state index in [0.29, 0.717) is 6.54 Å². The molecular weight excluding hydrogens is 226 g/mol. The molecule has 0 saturated carbocycles. The molecule has 0 aliphatic heterocycles. The van der Waals surface area contributed by atoms with E-state index in [1.165, 1.54) is 5.56 Å². The Morgan fingerprint density at radius 2 is 1.83 bits per heavy atom. The summed E-state index contributed by atoms with van der Waals surface area (Å²) in [5, 5.41) is 0. The van der Waals surface area contributed by atoms with Gasteiger partial charge in [0.1, 0.15) is 0 Å². The van der Waals surface area contributed by atoms with Crippen molar-refractivity contribution < 1.29 is 4.79 Å². The summed E-state index contributed by atoms with van der Waals surface area (Å²) in [5.41, 5.74) is 13.5. The first-order valence-electron chi connectivity index (χ1n) is 6.26. The standard InChI is InChI=1S/C14H23N3O/c1-10(2)17(9-14(16)18)13(8-15)12-6-4-11(3)5-7-12/h4-7,10,13H,8-9,15H2,1-3H3,(H2,16,18). The van der Waals surface area contributed by atoms with Crippen LogP contribution in [0.25, 0.3) is 0 Å². The van der Waals surface area contributed by atoms with Crippen molar-refractivity contribution >= 4 is 5.91 Å². The van der Waals surface area contributed by atoms with E-state index in [9.17, 15) is 4.79 Å². The molecule has 100 valence electrons. The second-order valence-electron chi connectivity index (χ2n) is 4.89. The first-order valence-corrected chi connectivity index (χ1v) is 6.26. The van der Waals surface area contributed by atoms with Crippen LogP contribution in [0.1, 0.15) is 31.0 Å². The zero-order chi connectivity index (χ0) is 13.7. The highest BCUT2D eigenvalue weighted by molar-refractivity contribution is 5.76. The lowest BCUT2D eigenvalue weighted by Gasteiger charge is -2.33. The van der Waals surface area contributed by atoms with E-state index >= 15 is 0 Å². The number of aryl methyl sites for hydroxylation is 1. The highest BCUT2D eigenvalue weighted by Gasteiger charge is 2.22. The maximum Gasteiger partial charge on any atom is 0.231 e. The summed E-state index contributed by atoms with van der Waals surface area (Å²) in [4.78, 5) is 13.2. The van der Waals surface area contributed by atoms with E-state index in [1.54, 1.807) is 0 Å². The molecule has 1 aromatic rings. The number of nitrogens with zero attached hydrogens (tertiary/aromatic N) is 1. The van der Waals surface area contributed by atoms with Crippen LogP contribution in [0.15, 0.2) is 24.3 Å². The van der Waals surface area contributed by atoms with Gasteiger partial charge >= 0.3 is 0 Å². The van der Waals surface area contributed by atoms with Crippen LogP contribution in [-0.4, -0.2) is 29.9 Å². The molecule has 0 aliphatic rings. The maximum absolute atomic E-state index is 11.2. The molecule has 1 amide bonds. The van der Waals surface area contributed by atoms with Crippen LogP contribution < -0.4 is 11.5 Å². The smallest absolute Gasteiger partial charge is 0.231 e. The van der Waals surface area contributed by atoms with Gasteiger partial charge in [-0.05, 0) is 26.3 Å². The third kappa shape index (κ3) is 3.82. The predicted molar refractivity (Wildman–Crippen MR) is 74.0 cm³/mol. The Kier molecular flexibility index (Phi) is 5.31. The average molecular weight is 249 g/mol. The molecule has 1 atom stereocenters. The Morgan fingerprint density at radius 3 is 2.22 bits per heavy atom. The van der Waals surface area contributed by atoms with Crippen molar-refractivity contribution in [3.63, 3.8) is 0 Å². The number of nitrogens with two attached hydrogens (primary N) is 2. The number of amides is 1. The molecule has 4 heteroatoms. The van der Waals surface area contributed by atoms with Crippen molar-refractivity contribution in [2.24, 2.45) is 11.5 Å². The summed E-state index contributed by atoms with van der Waals surface area (Å²) in [5.74, 6) is -0.325. The molecule has 0 saturated heterocycles. The van der Waals surface area contributed by atoms with E-state index in [1.807, 2.05) is 25.7 Å². The van der Waals surface area contributed by atoms with E-state index < -0.39 is 0 Å². The largest absolute Gasteiger partial charge is 0.369 e. The second kappa shape index (κ2) is 6.52. The number of hydrogen-bond donors (Lipinski definition) is 2. The van der Waals surface area contributed by atoms with E-state index in [2.05, 4.69) is 24.3 Å². The topological polar surface area (TPSA) is 72.3 Å². The van der Waals surface area contributed by atoms with E-state index in [4.69, 9.17) is 11.5 Å². The van der Waals surface area contributed by atoms with Crippen molar-refractivity contribution in [3.8, 4) is 0 Å². The molecule has 0 radical (unpaired) electrons. The SMILES string of the molecule is Cc1ccc(C(CN)N(CC(N)=O)C(C)C)cc1. The quantitative estimate of drug-likeness (QED) is 0.795. The number of primary amides is 1. The Labute approximate surface area is 109 Å². The minimum Gasteiger partial charge on any atom is -0.369 e. The van der Waals surface area contributed by atoms with E-state index in [0.717, 1.165) is 5.56 Å². The number of carbonyl (C=O) groups is 1. The Hall–Kier alpha value is -1.39. The molecule has 18 heavy (non-hydrogen) atoms. The van der Waals surface area contributed by atoms with Gasteiger partial charge < -0.3 is 11.5 Å². The summed E-state index contributed by atoms with van der Waals surface area (Å²) in [6, 6.07) is 8.47. The van der Waals surface area contributed by atoms with Crippen molar-refractivity contribution in [1.82, 2.24) is 4.90 Å².